The van der Waals surface area contributed by atoms with E-state index >= 15 is 0 Å². The number of hydrogen-bond donors (Lipinski definition) is 18. The van der Waals surface area contributed by atoms with Crippen molar-refractivity contribution in [3.63, 3.8) is 0 Å². The largest absolute Gasteiger partial charge is 0.508 e. The second kappa shape index (κ2) is 42.6. The summed E-state index contributed by atoms with van der Waals surface area (Å²) in [6.07, 6.45) is 6.99. The molecule has 96 heavy (non-hydrogen) atoms. The van der Waals surface area contributed by atoms with Gasteiger partial charge in [0, 0.05) is 42.9 Å². The maximum Gasteiger partial charge on any atom is 0.326 e. The molecule has 10 atom stereocenters. The molecule has 9 amide bonds. The molecule has 24 N–H and O–H groups in total. The van der Waals surface area contributed by atoms with Gasteiger partial charge in [-0.15, -0.1) is 0 Å². The number of phenolic OH excluding ortho intramolecular Hbond substituents is 1. The molecule has 29 nitrogen and oxygen atoms in total. The van der Waals surface area contributed by atoms with E-state index in [9.17, 15) is 58.2 Å². The summed E-state index contributed by atoms with van der Waals surface area (Å²) in [5, 5.41) is 45.3. The van der Waals surface area contributed by atoms with E-state index in [1.165, 1.54) is 43.0 Å². The number of fused-ring (bicyclic) bond motifs is 1. The monoisotopic (exact) mass is 1360 g/mol. The lowest BCUT2D eigenvalue weighted by molar-refractivity contribution is -0.142. The van der Waals surface area contributed by atoms with Crippen LogP contribution in [0.1, 0.15) is 115 Å². The van der Waals surface area contributed by atoms with Gasteiger partial charge in [0.15, 0.2) is 5.96 Å². The van der Waals surface area contributed by atoms with Crippen LogP contribution in [-0.2, 0) is 67.2 Å². The third-order valence-electron chi connectivity index (χ3n) is 15.9. The van der Waals surface area contributed by atoms with Gasteiger partial charge in [-0.25, -0.2) is 4.79 Å². The number of amides is 9. The summed E-state index contributed by atoms with van der Waals surface area (Å²) in [4.78, 5) is 148. The van der Waals surface area contributed by atoms with E-state index in [-0.39, 0.29) is 76.2 Å². The summed E-state index contributed by atoms with van der Waals surface area (Å²) in [5.41, 5.74) is 36.8. The predicted molar refractivity (Wildman–Crippen MR) is 369 cm³/mol. The molecule has 3 aromatic carbocycles. The van der Waals surface area contributed by atoms with Crippen molar-refractivity contribution < 1.29 is 58.2 Å². The van der Waals surface area contributed by atoms with Crippen LogP contribution in [0, 0.1) is 5.92 Å². The van der Waals surface area contributed by atoms with Gasteiger partial charge in [0.2, 0.25) is 53.2 Å². The number of thioether (sulfide) groups is 1. The maximum atomic E-state index is 14.7. The van der Waals surface area contributed by atoms with Crippen molar-refractivity contribution in [1.82, 2.24) is 52.8 Å². The number of aliphatic imine (C=N–C) groups is 1. The number of para-hydroxylation sites is 1. The van der Waals surface area contributed by atoms with Gasteiger partial charge >= 0.3 is 5.97 Å². The molecular weight excluding hydrogens is 1250 g/mol. The highest BCUT2D eigenvalue weighted by atomic mass is 32.2. The third kappa shape index (κ3) is 27.9. The number of aliphatic carboxylic acids is 1. The van der Waals surface area contributed by atoms with Gasteiger partial charge in [-0.1, -0.05) is 80.9 Å². The Morgan fingerprint density at radius 1 is 0.490 bits per heavy atom. The molecule has 0 fully saturated rings. The van der Waals surface area contributed by atoms with E-state index in [1.807, 2.05) is 24.3 Å². The minimum Gasteiger partial charge on any atom is -0.508 e. The lowest BCUT2D eigenvalue weighted by Crippen LogP contribution is -2.61. The molecule has 1 aromatic heterocycles. The molecule has 0 aliphatic heterocycles. The number of carboxylic acids is 1. The quantitative estimate of drug-likeness (QED) is 0.0151. The van der Waals surface area contributed by atoms with E-state index in [2.05, 4.69) is 57.8 Å². The predicted octanol–water partition coefficient (Wildman–Crippen LogP) is -0.454. The van der Waals surface area contributed by atoms with Gasteiger partial charge in [0.25, 0.3) is 0 Å². The number of benzene rings is 3. The number of guanidine groups is 1. The van der Waals surface area contributed by atoms with E-state index in [0.29, 0.717) is 80.5 Å². The molecule has 528 valence electrons. The molecule has 4 aromatic rings. The number of nitrogens with two attached hydrogens (primary N) is 6. The topological polar surface area (TPSA) is 504 Å². The number of phenols is 1. The normalized spacial score (nSPS) is 14.3. The van der Waals surface area contributed by atoms with Crippen LogP contribution in [0.5, 0.6) is 5.75 Å². The van der Waals surface area contributed by atoms with E-state index in [0.717, 1.165) is 10.9 Å². The lowest BCUT2D eigenvalue weighted by atomic mass is 9.99. The van der Waals surface area contributed by atoms with Gasteiger partial charge in [-0.3, -0.25) is 48.1 Å². The smallest absolute Gasteiger partial charge is 0.326 e. The molecule has 0 saturated heterocycles. The third-order valence-corrected chi connectivity index (χ3v) is 16.6. The second-order valence-corrected chi connectivity index (χ2v) is 25.0. The van der Waals surface area contributed by atoms with Crippen molar-refractivity contribution in [3.8, 4) is 5.75 Å². The van der Waals surface area contributed by atoms with Crippen LogP contribution in [0.25, 0.3) is 10.9 Å². The first-order chi connectivity index (χ1) is 45.9. The fraction of sp³-hybridized carbons (Fsp3) is 0.530. The number of aromatic hydroxyl groups is 1. The van der Waals surface area contributed by atoms with E-state index in [1.54, 1.807) is 56.6 Å². The number of carbonyl (C=O) groups is 10. The Kier molecular flexibility index (Phi) is 35.3. The number of unbranched alkanes of at least 4 members (excludes halogenated alkanes) is 3. The highest BCUT2D eigenvalue weighted by molar-refractivity contribution is 7.98. The first-order valence-electron chi connectivity index (χ1n) is 32.6. The standard InChI is InChI=1S/C66H101N17O12S/c1-39(2)55(83-63(92)53(36-42-25-27-44(84)28-26-42)81-61(90)52(35-41-17-6-5-7-18-41)80-59(88)49(24-16-33-73-66(71)72)77-57(86)46(70)20-10-13-30-67)64(93)75-40(3)56(85)76-50(29-34-96-4)60(89)82-54(37-43-38-74-47-21-9-8-19-45(43)47)62(91)78-48(22-11-14-31-68)58(87)79-51(65(94)95)23-12-15-32-69/h5-9,17-19,21,25-28,38-40,46,48-55,74,84H,10-16,20,22-24,29-37,67-70H2,1-4H3,(H,75,93)(H,76,85)(H,77,86)(H,78,91)(H,79,87)(H,80,88)(H,81,90)(H,82,89)(H,83,92)(H,94,95)(H4,71,72,73)/t40-,46+,48-,49-,50-,51+,52-,53-,54-,55-/m0/s1. The Hall–Kier alpha value is -8.84. The van der Waals surface area contributed by atoms with Crippen LogP contribution >= 0.6 is 11.8 Å². The van der Waals surface area contributed by atoms with Crippen LogP contribution < -0.4 is 82.3 Å². The van der Waals surface area contributed by atoms with Gasteiger partial charge in [-0.05, 0) is 150 Å². The summed E-state index contributed by atoms with van der Waals surface area (Å²) in [6, 6.07) is 9.06. The van der Waals surface area contributed by atoms with Crippen LogP contribution in [0.2, 0.25) is 0 Å². The van der Waals surface area contributed by atoms with Crippen molar-refractivity contribution in [2.75, 3.05) is 38.2 Å². The highest BCUT2D eigenvalue weighted by Crippen LogP contribution is 2.21. The van der Waals surface area contributed by atoms with Crippen LogP contribution in [0.3, 0.4) is 0 Å². The molecule has 0 bridgehead atoms. The maximum absolute atomic E-state index is 14.7. The average molecular weight is 1360 g/mol. The number of aromatic amines is 1. The highest BCUT2D eigenvalue weighted by Gasteiger charge is 2.36. The molecule has 0 aliphatic carbocycles. The SMILES string of the molecule is CSCC[C@H](NC(=O)[C@H](C)NC(=O)[C@@H](NC(=O)[C@H](Cc1ccc(O)cc1)NC(=O)[C@H](Cc1ccccc1)NC(=O)[C@H](CCCN=C(N)N)NC(=O)[C@H](N)CCCCN)C(C)C)C(=O)N[C@@H](Cc1c[nH]c2ccccc12)C(=O)N[C@@H](CCCCN)C(=O)N[C@H](CCCCN)C(=O)O. The molecule has 0 saturated carbocycles. The molecule has 0 radical (unpaired) electrons. The Morgan fingerprint density at radius 2 is 0.938 bits per heavy atom. The van der Waals surface area contributed by atoms with Crippen molar-refractivity contribution >= 4 is 87.8 Å². The van der Waals surface area contributed by atoms with Gasteiger partial charge in [0.05, 0.1) is 6.04 Å². The van der Waals surface area contributed by atoms with Crippen molar-refractivity contribution in [3.05, 3.63) is 102 Å². The van der Waals surface area contributed by atoms with Crippen molar-refractivity contribution in [2.45, 2.75) is 178 Å². The zero-order chi connectivity index (χ0) is 70.7. The zero-order valence-electron chi connectivity index (χ0n) is 55.4. The van der Waals surface area contributed by atoms with E-state index in [4.69, 9.17) is 34.4 Å². The number of rotatable bonds is 45. The van der Waals surface area contributed by atoms with Gasteiger partial charge < -0.3 is 97.5 Å². The number of aromatic nitrogens is 1. The average Bonchev–Trinajstić information content (AvgIpc) is 1.74. The molecule has 0 unspecified atom stereocenters. The number of carbonyl (C=O) groups excluding carboxylic acids is 9. The van der Waals surface area contributed by atoms with Gasteiger partial charge in [0.1, 0.15) is 60.1 Å². The molecule has 4 rings (SSSR count). The lowest BCUT2D eigenvalue weighted by Gasteiger charge is -2.29. The molecular formula is C66H101N17O12S. The second-order valence-electron chi connectivity index (χ2n) is 24.0. The fourth-order valence-corrected chi connectivity index (χ4v) is 10.9. The minimum absolute atomic E-state index is 0.0365. The molecule has 30 heteroatoms. The first-order valence-corrected chi connectivity index (χ1v) is 34.0. The van der Waals surface area contributed by atoms with Crippen molar-refractivity contribution in [1.29, 1.82) is 0 Å². The Bertz CT molecular complexity index is 3170. The van der Waals surface area contributed by atoms with E-state index < -0.39 is 125 Å². The van der Waals surface area contributed by atoms with Crippen LogP contribution in [0.15, 0.2) is 90.1 Å². The number of nitrogens with one attached hydrogen (secondary N) is 10. The summed E-state index contributed by atoms with van der Waals surface area (Å²) in [6.45, 7) is 5.80. The minimum atomic E-state index is -1.44. The Morgan fingerprint density at radius 3 is 1.48 bits per heavy atom. The Labute approximate surface area is 564 Å². The number of nitrogens with zero attached hydrogens (tertiary/aromatic N) is 1. The summed E-state index contributed by atoms with van der Waals surface area (Å²) < 4.78 is 0. The fourth-order valence-electron chi connectivity index (χ4n) is 10.4. The van der Waals surface area contributed by atoms with Crippen LogP contribution in [0.4, 0.5) is 0 Å². The molecule has 1 heterocycles. The number of H-pyrrole nitrogens is 1. The first kappa shape index (κ1) is 79.6. The number of hydrogen-bond acceptors (Lipinski definition) is 17. The van der Waals surface area contributed by atoms with Gasteiger partial charge in [-0.2, -0.15) is 11.8 Å². The number of carboxylic acid groups (broad SMARTS) is 1. The summed E-state index contributed by atoms with van der Waals surface area (Å²) in [7, 11) is 0. The Balaban J connectivity index is 1.60. The molecule has 0 spiro atoms. The molecule has 0 aliphatic rings. The van der Waals surface area contributed by atoms with Crippen molar-refractivity contribution in [2.24, 2.45) is 45.3 Å². The summed E-state index contributed by atoms with van der Waals surface area (Å²) >= 11 is 1.38. The van der Waals surface area contributed by atoms with Crippen LogP contribution in [-0.4, -0.2) is 179 Å². The summed E-state index contributed by atoms with van der Waals surface area (Å²) in [5.74, 6) is -8.72. The zero-order valence-corrected chi connectivity index (χ0v) is 56.2.